The predicted octanol–water partition coefficient (Wildman–Crippen LogP) is 5.48. The van der Waals surface area contributed by atoms with Crippen LogP contribution in [0.2, 0.25) is 5.02 Å². The minimum Gasteiger partial charge on any atom is -0.318 e. The summed E-state index contributed by atoms with van der Waals surface area (Å²) in [4.78, 5) is 16.8. The number of hydrogen-bond acceptors (Lipinski definition) is 4. The minimum absolute atomic E-state index is 0.0618. The normalized spacial score (nSPS) is 17.5. The summed E-state index contributed by atoms with van der Waals surface area (Å²) in [6, 6.07) is 7.94. The molecule has 0 saturated carbocycles. The molecule has 30 heavy (non-hydrogen) atoms. The predicted molar refractivity (Wildman–Crippen MR) is 125 cm³/mol. The molecule has 1 amide bonds. The van der Waals surface area contributed by atoms with Crippen molar-refractivity contribution in [2.24, 2.45) is 10.1 Å². The maximum atomic E-state index is 12.7. The Hall–Kier alpha value is -2.64. The molecule has 2 aliphatic heterocycles. The zero-order valence-corrected chi connectivity index (χ0v) is 18.9. The summed E-state index contributed by atoms with van der Waals surface area (Å²) < 4.78 is 2.09. The third-order valence-corrected chi connectivity index (χ3v) is 6.52. The summed E-state index contributed by atoms with van der Waals surface area (Å²) >= 11 is 7.69. The molecule has 2 aromatic rings. The highest BCUT2D eigenvalue weighted by molar-refractivity contribution is 8.26. The highest BCUT2D eigenvalue weighted by atomic mass is 35.5. The molecule has 0 atom stereocenters. The second kappa shape index (κ2) is 7.89. The molecule has 4 rings (SSSR count). The van der Waals surface area contributed by atoms with Crippen molar-refractivity contribution in [1.29, 1.82) is 5.41 Å². The van der Waals surface area contributed by atoms with Crippen LogP contribution in [-0.2, 0) is 4.79 Å². The van der Waals surface area contributed by atoms with E-state index in [9.17, 15) is 4.79 Å². The van der Waals surface area contributed by atoms with Crippen LogP contribution >= 0.6 is 23.4 Å². The van der Waals surface area contributed by atoms with Crippen LogP contribution in [0.25, 0.3) is 11.8 Å². The number of nitrogens with zero attached hydrogens (tertiary/aromatic N) is 4. The lowest BCUT2D eigenvalue weighted by atomic mass is 10.1. The molecule has 154 valence electrons. The third-order valence-electron chi connectivity index (χ3n) is 5.14. The first-order valence-corrected chi connectivity index (χ1v) is 10.9. The summed E-state index contributed by atoms with van der Waals surface area (Å²) in [5.74, 6) is -0.346. The van der Waals surface area contributed by atoms with E-state index in [4.69, 9.17) is 17.0 Å². The van der Waals surface area contributed by atoms with Gasteiger partial charge < -0.3 is 4.57 Å². The quantitative estimate of drug-likeness (QED) is 0.641. The smallest absolute Gasteiger partial charge is 0.283 e. The van der Waals surface area contributed by atoms with Gasteiger partial charge in [-0.2, -0.15) is 15.1 Å². The summed E-state index contributed by atoms with van der Waals surface area (Å²) in [7, 11) is 0. The van der Waals surface area contributed by atoms with E-state index in [1.54, 1.807) is 6.08 Å². The molecule has 1 N–H and O–H groups in total. The molecule has 0 fully saturated rings. The molecule has 0 spiro atoms. The number of halogens is 1. The van der Waals surface area contributed by atoms with E-state index in [0.717, 1.165) is 46.1 Å². The second-order valence-electron chi connectivity index (χ2n) is 7.36. The van der Waals surface area contributed by atoms with Gasteiger partial charge in [-0.15, -0.1) is 0 Å². The molecule has 1 aromatic carbocycles. The van der Waals surface area contributed by atoms with Crippen LogP contribution in [0.5, 0.6) is 0 Å². The lowest BCUT2D eigenvalue weighted by Crippen LogP contribution is -2.35. The fourth-order valence-electron chi connectivity index (χ4n) is 3.55. The summed E-state index contributed by atoms with van der Waals surface area (Å²) in [5.41, 5.74) is 5.05. The number of aromatic nitrogens is 1. The van der Waals surface area contributed by atoms with Crippen molar-refractivity contribution in [3.63, 3.8) is 0 Å². The van der Waals surface area contributed by atoms with Crippen LogP contribution < -0.4 is 0 Å². The number of rotatable bonds is 4. The van der Waals surface area contributed by atoms with Crippen molar-refractivity contribution in [3.8, 4) is 5.69 Å². The van der Waals surface area contributed by atoms with E-state index >= 15 is 0 Å². The monoisotopic (exact) mass is 439 g/mol. The molecule has 0 radical (unpaired) electrons. The Kier molecular flexibility index (Phi) is 5.42. The van der Waals surface area contributed by atoms with Gasteiger partial charge in [0.2, 0.25) is 5.17 Å². The Balaban J connectivity index is 1.73. The number of aryl methyl sites for hydroxylation is 2. The maximum absolute atomic E-state index is 12.7. The Morgan fingerprint density at radius 2 is 2.00 bits per heavy atom. The van der Waals surface area contributed by atoms with Crippen LogP contribution in [0.15, 0.2) is 39.9 Å². The average molecular weight is 440 g/mol. The Morgan fingerprint density at radius 3 is 2.70 bits per heavy atom. The number of nitrogens with one attached hydrogen (secondary N) is 1. The Bertz CT molecular complexity index is 1170. The number of hydrazone groups is 1. The van der Waals surface area contributed by atoms with Crippen molar-refractivity contribution in [1.82, 2.24) is 9.58 Å². The summed E-state index contributed by atoms with van der Waals surface area (Å²) in [5, 5.41) is 16.5. The average Bonchev–Trinajstić information content (AvgIpc) is 3.21. The number of carbonyl (C=O) groups is 1. The molecule has 0 bridgehead atoms. The lowest BCUT2D eigenvalue weighted by Gasteiger charge is -2.20. The number of amides is 1. The molecule has 2 aliphatic rings. The van der Waals surface area contributed by atoms with Gasteiger partial charge in [-0.1, -0.05) is 24.6 Å². The van der Waals surface area contributed by atoms with Gasteiger partial charge in [0.25, 0.3) is 5.91 Å². The molecule has 3 heterocycles. The molecule has 1 aromatic heterocycles. The molecule has 6 nitrogen and oxygen atoms in total. The number of carbonyl (C=O) groups excluding carboxylic acids is 1. The number of benzene rings is 1. The fraction of sp³-hybridized carbons (Fsp3) is 0.273. The number of aliphatic imine (C=N–C) groups is 1. The molecular weight excluding hydrogens is 418 g/mol. The highest BCUT2D eigenvalue weighted by Crippen LogP contribution is 2.31. The number of thioether (sulfide) groups is 1. The fourth-order valence-corrected chi connectivity index (χ4v) is 4.72. The molecule has 0 aliphatic carbocycles. The largest absolute Gasteiger partial charge is 0.318 e. The first kappa shape index (κ1) is 20.6. The lowest BCUT2D eigenvalue weighted by molar-refractivity contribution is -0.114. The second-order valence-corrected chi connectivity index (χ2v) is 8.81. The van der Waals surface area contributed by atoms with Gasteiger partial charge in [-0.05, 0) is 80.8 Å². The Labute approximate surface area is 184 Å². The SMILES string of the molecule is CCCC1=NN2C(=N)C(=Cc3cc(C)n(-c4ccc(C)c(Cl)c4)c3C)C(=O)N=C2S1. The first-order valence-electron chi connectivity index (χ1n) is 9.74. The Morgan fingerprint density at radius 1 is 1.23 bits per heavy atom. The summed E-state index contributed by atoms with van der Waals surface area (Å²) in [6.07, 6.45) is 3.49. The highest BCUT2D eigenvalue weighted by Gasteiger charge is 2.35. The zero-order valence-electron chi connectivity index (χ0n) is 17.3. The van der Waals surface area contributed by atoms with Gasteiger partial charge in [0, 0.05) is 22.1 Å². The molecule has 0 unspecified atom stereocenters. The standard InChI is InChI=1S/C22H22ClN5OS/c1-5-6-19-26-28-20(24)17(21(29)25-22(28)30-19)10-15-9-13(3)27(14(15)4)16-8-7-12(2)18(23)11-16/h7-11,24H,5-6H2,1-4H3. The van der Waals surface area contributed by atoms with Crippen molar-refractivity contribution >= 4 is 51.4 Å². The van der Waals surface area contributed by atoms with Crippen LogP contribution in [0, 0.1) is 26.2 Å². The first-order chi connectivity index (χ1) is 14.3. The van der Waals surface area contributed by atoms with Crippen LogP contribution in [0.4, 0.5) is 0 Å². The van der Waals surface area contributed by atoms with Crippen LogP contribution in [-0.4, -0.2) is 31.5 Å². The molecular formula is C22H22ClN5OS. The van der Waals surface area contributed by atoms with Crippen molar-refractivity contribution in [3.05, 3.63) is 57.4 Å². The number of fused-ring (bicyclic) bond motifs is 1. The molecule has 8 heteroatoms. The van der Waals surface area contributed by atoms with Gasteiger partial charge in [-0.25, -0.2) is 0 Å². The van der Waals surface area contributed by atoms with Gasteiger partial charge in [0.1, 0.15) is 5.04 Å². The summed E-state index contributed by atoms with van der Waals surface area (Å²) in [6.45, 7) is 8.03. The van der Waals surface area contributed by atoms with Crippen LogP contribution in [0.1, 0.15) is 42.3 Å². The van der Waals surface area contributed by atoms with Gasteiger partial charge in [0.05, 0.1) is 5.57 Å². The van der Waals surface area contributed by atoms with E-state index in [1.807, 2.05) is 45.0 Å². The third kappa shape index (κ3) is 3.52. The van der Waals surface area contributed by atoms with E-state index in [1.165, 1.54) is 16.8 Å². The van der Waals surface area contributed by atoms with E-state index in [0.29, 0.717) is 10.2 Å². The van der Waals surface area contributed by atoms with Crippen molar-refractivity contribution in [2.45, 2.75) is 40.5 Å². The van der Waals surface area contributed by atoms with Gasteiger partial charge in [-0.3, -0.25) is 10.2 Å². The number of amidine groups is 2. The zero-order chi connectivity index (χ0) is 21.6. The number of hydrogen-bond donors (Lipinski definition) is 1. The van der Waals surface area contributed by atoms with Gasteiger partial charge >= 0.3 is 0 Å². The van der Waals surface area contributed by atoms with E-state index in [2.05, 4.69) is 21.6 Å². The van der Waals surface area contributed by atoms with E-state index < -0.39 is 5.91 Å². The molecule has 0 saturated heterocycles. The maximum Gasteiger partial charge on any atom is 0.283 e. The van der Waals surface area contributed by atoms with Crippen LogP contribution in [0.3, 0.4) is 0 Å². The topological polar surface area (TPSA) is 73.8 Å². The van der Waals surface area contributed by atoms with Crippen molar-refractivity contribution < 1.29 is 4.79 Å². The van der Waals surface area contributed by atoms with Crippen molar-refractivity contribution in [2.75, 3.05) is 0 Å². The minimum atomic E-state index is -0.408. The van der Waals surface area contributed by atoms with Gasteiger partial charge in [0.15, 0.2) is 5.84 Å². The van der Waals surface area contributed by atoms with E-state index in [-0.39, 0.29) is 11.4 Å².